The van der Waals surface area contributed by atoms with Gasteiger partial charge in [-0.25, -0.2) is 4.68 Å². The summed E-state index contributed by atoms with van der Waals surface area (Å²) in [5, 5.41) is 11.5. The van der Waals surface area contributed by atoms with Crippen LogP contribution >= 0.6 is 15.9 Å². The molecule has 0 radical (unpaired) electrons. The van der Waals surface area contributed by atoms with Crippen molar-refractivity contribution in [2.24, 2.45) is 0 Å². The van der Waals surface area contributed by atoms with Gasteiger partial charge in [-0.3, -0.25) is 9.69 Å². The van der Waals surface area contributed by atoms with E-state index in [-0.39, 0.29) is 11.9 Å². The van der Waals surface area contributed by atoms with Crippen LogP contribution in [0.2, 0.25) is 0 Å². The predicted octanol–water partition coefficient (Wildman–Crippen LogP) is 3.79. The minimum atomic E-state index is -0.132. The van der Waals surface area contributed by atoms with E-state index in [0.29, 0.717) is 12.2 Å². The number of benzene rings is 2. The third-order valence-electron chi connectivity index (χ3n) is 5.65. The van der Waals surface area contributed by atoms with Crippen LogP contribution in [0.25, 0.3) is 0 Å². The van der Waals surface area contributed by atoms with E-state index in [0.717, 1.165) is 48.2 Å². The van der Waals surface area contributed by atoms with Crippen LogP contribution in [-0.4, -0.2) is 44.9 Å². The Morgan fingerprint density at radius 2 is 1.77 bits per heavy atom. The van der Waals surface area contributed by atoms with Crippen LogP contribution in [0.1, 0.15) is 40.2 Å². The smallest absolute Gasteiger partial charge is 0.273 e. The Morgan fingerprint density at radius 3 is 2.50 bits per heavy atom. The van der Waals surface area contributed by atoms with E-state index < -0.39 is 0 Å². The Bertz CT molecular complexity index is 996. The van der Waals surface area contributed by atoms with Crippen molar-refractivity contribution >= 4 is 21.8 Å². The molecular formula is C23H26BrN5O. The number of likely N-dealkylation sites (tertiary alicyclic amines) is 1. The highest BCUT2D eigenvalue weighted by Gasteiger charge is 2.24. The number of hydrogen-bond acceptors (Lipinski definition) is 4. The van der Waals surface area contributed by atoms with Gasteiger partial charge in [-0.15, -0.1) is 5.10 Å². The van der Waals surface area contributed by atoms with Gasteiger partial charge in [0.05, 0.1) is 12.2 Å². The number of carbonyl (C=O) groups is 1. The summed E-state index contributed by atoms with van der Waals surface area (Å²) in [4.78, 5) is 15.2. The first-order valence-electron chi connectivity index (χ1n) is 10.3. The van der Waals surface area contributed by atoms with Crippen LogP contribution in [0.15, 0.2) is 59.1 Å². The van der Waals surface area contributed by atoms with Crippen LogP contribution in [0.4, 0.5) is 0 Å². The van der Waals surface area contributed by atoms with Crippen LogP contribution in [-0.2, 0) is 13.1 Å². The van der Waals surface area contributed by atoms with Crippen molar-refractivity contribution in [1.82, 2.24) is 25.2 Å². The van der Waals surface area contributed by atoms with E-state index >= 15 is 0 Å². The molecule has 7 heteroatoms. The molecule has 0 saturated carbocycles. The van der Waals surface area contributed by atoms with E-state index in [1.807, 2.05) is 37.3 Å². The van der Waals surface area contributed by atoms with Crippen molar-refractivity contribution in [3.8, 4) is 0 Å². The molecule has 2 aromatic carbocycles. The summed E-state index contributed by atoms with van der Waals surface area (Å²) in [6, 6.07) is 18.7. The van der Waals surface area contributed by atoms with Gasteiger partial charge in [-0.05, 0) is 37.0 Å². The maximum Gasteiger partial charge on any atom is 0.273 e. The summed E-state index contributed by atoms with van der Waals surface area (Å²) in [5.74, 6) is -0.132. The number of aromatic nitrogens is 3. The molecule has 0 bridgehead atoms. The van der Waals surface area contributed by atoms with Crippen molar-refractivity contribution < 1.29 is 4.79 Å². The molecule has 0 unspecified atom stereocenters. The van der Waals surface area contributed by atoms with Crippen molar-refractivity contribution in [3.05, 3.63) is 81.6 Å². The third-order valence-corrected chi connectivity index (χ3v) is 6.42. The summed E-state index contributed by atoms with van der Waals surface area (Å²) in [6.45, 7) is 5.39. The predicted molar refractivity (Wildman–Crippen MR) is 120 cm³/mol. The van der Waals surface area contributed by atoms with Crippen molar-refractivity contribution in [1.29, 1.82) is 0 Å². The zero-order valence-corrected chi connectivity index (χ0v) is 18.7. The Kier molecular flexibility index (Phi) is 6.59. The topological polar surface area (TPSA) is 63.1 Å². The van der Waals surface area contributed by atoms with Gasteiger partial charge in [0, 0.05) is 30.1 Å². The highest BCUT2D eigenvalue weighted by atomic mass is 79.9. The second kappa shape index (κ2) is 9.53. The van der Waals surface area contributed by atoms with E-state index in [2.05, 4.69) is 60.7 Å². The van der Waals surface area contributed by atoms with Crippen molar-refractivity contribution in [2.75, 3.05) is 13.1 Å². The van der Waals surface area contributed by atoms with E-state index in [1.54, 1.807) is 4.68 Å². The molecule has 1 amide bonds. The quantitative estimate of drug-likeness (QED) is 0.598. The molecule has 1 aliphatic rings. The first kappa shape index (κ1) is 20.8. The first-order valence-corrected chi connectivity index (χ1v) is 11.1. The third kappa shape index (κ3) is 4.96. The number of nitrogens with one attached hydrogen (secondary N) is 1. The highest BCUT2D eigenvalue weighted by Crippen LogP contribution is 2.18. The molecule has 2 heterocycles. The van der Waals surface area contributed by atoms with Crippen molar-refractivity contribution in [2.45, 2.75) is 38.9 Å². The fourth-order valence-corrected chi connectivity index (χ4v) is 4.25. The number of rotatable bonds is 6. The second-order valence-electron chi connectivity index (χ2n) is 7.78. The lowest BCUT2D eigenvalue weighted by atomic mass is 10.0. The molecule has 0 spiro atoms. The molecule has 4 rings (SSSR count). The molecule has 1 aromatic heterocycles. The minimum absolute atomic E-state index is 0.132. The van der Waals surface area contributed by atoms with Gasteiger partial charge >= 0.3 is 0 Å². The minimum Gasteiger partial charge on any atom is -0.348 e. The van der Waals surface area contributed by atoms with Gasteiger partial charge in [-0.1, -0.05) is 69.7 Å². The normalized spacial score (nSPS) is 15.3. The molecule has 156 valence electrons. The second-order valence-corrected chi connectivity index (χ2v) is 8.64. The van der Waals surface area contributed by atoms with E-state index in [1.165, 1.54) is 5.56 Å². The zero-order valence-electron chi connectivity index (χ0n) is 17.1. The van der Waals surface area contributed by atoms with Gasteiger partial charge in [0.15, 0.2) is 5.69 Å². The van der Waals surface area contributed by atoms with Gasteiger partial charge in [0.2, 0.25) is 0 Å². The fourth-order valence-electron chi connectivity index (χ4n) is 3.84. The molecule has 0 aliphatic carbocycles. The summed E-state index contributed by atoms with van der Waals surface area (Å²) in [7, 11) is 0. The van der Waals surface area contributed by atoms with Gasteiger partial charge in [0.25, 0.3) is 5.91 Å². The number of piperidine rings is 1. The molecule has 30 heavy (non-hydrogen) atoms. The van der Waals surface area contributed by atoms with E-state index in [9.17, 15) is 4.79 Å². The Hall–Kier alpha value is -2.51. The van der Waals surface area contributed by atoms with E-state index in [4.69, 9.17) is 0 Å². The maximum atomic E-state index is 12.8. The maximum absolute atomic E-state index is 12.8. The van der Waals surface area contributed by atoms with Crippen molar-refractivity contribution in [3.63, 3.8) is 0 Å². The molecule has 0 atom stereocenters. The van der Waals surface area contributed by atoms with Crippen LogP contribution < -0.4 is 5.32 Å². The number of nitrogens with zero attached hydrogens (tertiary/aromatic N) is 4. The molecule has 6 nitrogen and oxygen atoms in total. The van der Waals surface area contributed by atoms with Crippen LogP contribution in [0.3, 0.4) is 0 Å². The van der Waals surface area contributed by atoms with Gasteiger partial charge in [0.1, 0.15) is 0 Å². The van der Waals surface area contributed by atoms with Gasteiger partial charge < -0.3 is 5.32 Å². The number of hydrogen-bond donors (Lipinski definition) is 1. The van der Waals surface area contributed by atoms with Crippen LogP contribution in [0.5, 0.6) is 0 Å². The molecule has 1 saturated heterocycles. The average Bonchev–Trinajstić information content (AvgIpc) is 3.12. The monoisotopic (exact) mass is 467 g/mol. The lowest BCUT2D eigenvalue weighted by Crippen LogP contribution is -2.44. The largest absolute Gasteiger partial charge is 0.348 e. The lowest BCUT2D eigenvalue weighted by molar-refractivity contribution is 0.0903. The highest BCUT2D eigenvalue weighted by molar-refractivity contribution is 9.10. The summed E-state index contributed by atoms with van der Waals surface area (Å²) >= 11 is 3.56. The zero-order chi connectivity index (χ0) is 20.9. The average molecular weight is 468 g/mol. The van der Waals surface area contributed by atoms with Gasteiger partial charge in [-0.2, -0.15) is 0 Å². The molecule has 1 fully saturated rings. The molecular weight excluding hydrogens is 442 g/mol. The Balaban J connectivity index is 1.31. The number of carbonyl (C=O) groups excluding carboxylic acids is 1. The molecule has 1 N–H and O–H groups in total. The standard InChI is InChI=1S/C23H26BrN5O/c1-17-22(26-27-29(17)16-19-9-5-6-10-21(19)24)23(30)25-20-11-13-28(14-12-20)15-18-7-3-2-4-8-18/h2-10,20H,11-16H2,1H3,(H,25,30). The molecule has 1 aliphatic heterocycles. The first-order chi connectivity index (χ1) is 14.6. The Labute approximate surface area is 185 Å². The number of amides is 1. The number of halogens is 1. The summed E-state index contributed by atoms with van der Waals surface area (Å²) < 4.78 is 2.80. The summed E-state index contributed by atoms with van der Waals surface area (Å²) in [6.07, 6.45) is 1.89. The lowest BCUT2D eigenvalue weighted by Gasteiger charge is -2.32. The Morgan fingerprint density at radius 1 is 1.07 bits per heavy atom. The fraction of sp³-hybridized carbons (Fsp3) is 0.348. The molecule has 3 aromatic rings. The summed E-state index contributed by atoms with van der Waals surface area (Å²) in [5.41, 5.74) is 3.62. The van der Waals surface area contributed by atoms with Crippen LogP contribution in [0, 0.1) is 6.92 Å². The SMILES string of the molecule is Cc1c(C(=O)NC2CCN(Cc3ccccc3)CC2)nnn1Cc1ccccc1Br.